The molecule has 1 aliphatic rings. The Hall–Kier alpha value is 0.0684. The predicted octanol–water partition coefficient (Wildman–Crippen LogP) is -1.70. The summed E-state index contributed by atoms with van der Waals surface area (Å²) in [5.41, 5.74) is 8.64. The van der Waals surface area contributed by atoms with Crippen molar-refractivity contribution in [2.75, 3.05) is 12.4 Å². The van der Waals surface area contributed by atoms with E-state index in [-0.39, 0.29) is 11.8 Å². The standard InChI is InChI=1S/C10H22AsNO8S/c1-11(2,15)3-7-8(13)9(14)10(20-7)19-4-6(12)5-21(16,17)18/h6-10,13-14H,3-5,12H2,1-2H3,(H,16,17,18)/t6?,7-,8+,9?,10?/m1/s1. The van der Waals surface area contributed by atoms with Crippen LogP contribution in [0.15, 0.2) is 0 Å². The molecule has 1 heterocycles. The Morgan fingerprint density at radius 1 is 1.33 bits per heavy atom. The molecule has 0 aromatic rings. The Kier molecular flexibility index (Phi) is 6.46. The van der Waals surface area contributed by atoms with E-state index in [0.717, 1.165) is 0 Å². The van der Waals surface area contributed by atoms with Crippen molar-refractivity contribution in [3.63, 3.8) is 0 Å². The molecular weight excluding hydrogens is 369 g/mol. The Morgan fingerprint density at radius 2 is 1.90 bits per heavy atom. The van der Waals surface area contributed by atoms with Gasteiger partial charge in [-0.3, -0.25) is 0 Å². The van der Waals surface area contributed by atoms with Gasteiger partial charge in [0.1, 0.15) is 0 Å². The zero-order valence-corrected chi connectivity index (χ0v) is 14.5. The van der Waals surface area contributed by atoms with Gasteiger partial charge in [-0.2, -0.15) is 0 Å². The third-order valence-electron chi connectivity index (χ3n) is 2.84. The second-order valence-corrected chi connectivity index (χ2v) is 14.5. The van der Waals surface area contributed by atoms with Crippen LogP contribution >= 0.6 is 0 Å². The van der Waals surface area contributed by atoms with E-state index in [1.807, 2.05) is 0 Å². The van der Waals surface area contributed by atoms with Crippen molar-refractivity contribution in [1.29, 1.82) is 0 Å². The third-order valence-corrected chi connectivity index (χ3v) is 6.29. The molecular formula is C10H22AsNO8S. The third kappa shape index (κ3) is 6.79. The second-order valence-electron chi connectivity index (χ2n) is 5.62. The number of aliphatic hydroxyl groups is 2. The molecule has 1 fully saturated rings. The molecule has 0 aromatic carbocycles. The van der Waals surface area contributed by atoms with Crippen LogP contribution in [0.2, 0.25) is 16.6 Å². The maximum atomic E-state index is 11.8. The molecule has 1 rings (SSSR count). The number of rotatable bonds is 7. The molecule has 0 amide bonds. The first-order valence-electron chi connectivity index (χ1n) is 6.27. The molecule has 3 unspecified atom stereocenters. The normalized spacial score (nSPS) is 32.3. The Labute approximate surface area is 125 Å². The van der Waals surface area contributed by atoms with E-state index in [1.54, 1.807) is 11.4 Å². The van der Waals surface area contributed by atoms with Crippen LogP contribution < -0.4 is 5.73 Å². The number of ether oxygens (including phenoxy) is 2. The van der Waals surface area contributed by atoms with Crippen LogP contribution in [0.4, 0.5) is 0 Å². The minimum atomic E-state index is -4.22. The molecule has 5 atom stereocenters. The molecule has 5 N–H and O–H groups in total. The molecule has 0 spiro atoms. The van der Waals surface area contributed by atoms with Gasteiger partial charge >= 0.3 is 125 Å². The van der Waals surface area contributed by atoms with E-state index < -0.39 is 60.0 Å². The number of hydrogen-bond acceptors (Lipinski definition) is 8. The number of aliphatic hydroxyl groups excluding tert-OH is 2. The molecule has 1 saturated heterocycles. The fourth-order valence-corrected chi connectivity index (χ4v) is 5.06. The summed E-state index contributed by atoms with van der Waals surface area (Å²) in [6.07, 6.45) is -4.56. The first kappa shape index (κ1) is 19.1. The van der Waals surface area contributed by atoms with Crippen LogP contribution in [-0.4, -0.2) is 79.7 Å². The van der Waals surface area contributed by atoms with Gasteiger partial charge in [0, 0.05) is 0 Å². The zero-order valence-electron chi connectivity index (χ0n) is 11.8. The quantitative estimate of drug-likeness (QED) is 0.293. The van der Waals surface area contributed by atoms with Crippen molar-refractivity contribution in [3.05, 3.63) is 0 Å². The summed E-state index contributed by atoms with van der Waals surface area (Å²) < 4.78 is 52.1. The van der Waals surface area contributed by atoms with E-state index >= 15 is 0 Å². The summed E-state index contributed by atoms with van der Waals surface area (Å²) in [4.78, 5) is 0. The molecule has 0 radical (unpaired) electrons. The molecule has 21 heavy (non-hydrogen) atoms. The van der Waals surface area contributed by atoms with Gasteiger partial charge in [-0.1, -0.05) is 0 Å². The van der Waals surface area contributed by atoms with Gasteiger partial charge in [-0.25, -0.2) is 0 Å². The maximum absolute atomic E-state index is 11.8. The molecule has 0 saturated carbocycles. The van der Waals surface area contributed by atoms with Crippen LogP contribution in [0.1, 0.15) is 0 Å². The van der Waals surface area contributed by atoms with Gasteiger partial charge in [-0.05, 0) is 0 Å². The minimum absolute atomic E-state index is 0.146. The molecule has 1 aliphatic heterocycles. The van der Waals surface area contributed by atoms with E-state index in [0.29, 0.717) is 0 Å². The summed E-state index contributed by atoms with van der Waals surface area (Å²) >= 11 is -3.07. The van der Waals surface area contributed by atoms with Gasteiger partial charge in [0.15, 0.2) is 0 Å². The van der Waals surface area contributed by atoms with Crippen LogP contribution in [0.5, 0.6) is 0 Å². The summed E-state index contributed by atoms with van der Waals surface area (Å²) in [6.45, 7) is -0.290. The van der Waals surface area contributed by atoms with Gasteiger partial charge in [0.05, 0.1) is 0 Å². The topological polar surface area (TPSA) is 156 Å². The number of nitrogens with two attached hydrogens (primary N) is 1. The zero-order chi connectivity index (χ0) is 16.4. The number of hydrogen-bond donors (Lipinski definition) is 4. The second kappa shape index (κ2) is 7.10. The predicted molar refractivity (Wildman–Crippen MR) is 74.0 cm³/mol. The monoisotopic (exact) mass is 391 g/mol. The van der Waals surface area contributed by atoms with E-state index in [2.05, 4.69) is 0 Å². The van der Waals surface area contributed by atoms with E-state index in [1.165, 1.54) is 0 Å². The van der Waals surface area contributed by atoms with Gasteiger partial charge in [-0.15, -0.1) is 0 Å². The summed E-state index contributed by atoms with van der Waals surface area (Å²) in [6, 6.07) is -1.00. The van der Waals surface area contributed by atoms with Crippen LogP contribution in [0.25, 0.3) is 0 Å². The fourth-order valence-electron chi connectivity index (χ4n) is 1.97. The molecule has 0 aromatic heterocycles. The average molecular weight is 391 g/mol. The molecule has 11 heteroatoms. The van der Waals surface area contributed by atoms with E-state index in [4.69, 9.17) is 19.8 Å². The molecule has 0 bridgehead atoms. The first-order chi connectivity index (χ1) is 9.39. The summed E-state index contributed by atoms with van der Waals surface area (Å²) in [7, 11) is -4.22. The van der Waals surface area contributed by atoms with Gasteiger partial charge < -0.3 is 0 Å². The Bertz CT molecular complexity index is 491. The first-order valence-corrected chi connectivity index (χ1v) is 13.7. The summed E-state index contributed by atoms with van der Waals surface area (Å²) in [5.74, 6) is -0.691. The Morgan fingerprint density at radius 3 is 2.38 bits per heavy atom. The van der Waals surface area contributed by atoms with Crippen molar-refractivity contribution in [2.45, 2.75) is 47.3 Å². The van der Waals surface area contributed by atoms with Crippen molar-refractivity contribution in [1.82, 2.24) is 0 Å². The van der Waals surface area contributed by atoms with Gasteiger partial charge in [0.25, 0.3) is 0 Å². The molecule has 9 nitrogen and oxygen atoms in total. The molecule has 126 valence electrons. The van der Waals surface area contributed by atoms with Crippen LogP contribution in [0, 0.1) is 0 Å². The summed E-state index contributed by atoms with van der Waals surface area (Å²) in [5, 5.41) is 19.7. The van der Waals surface area contributed by atoms with Crippen molar-refractivity contribution >= 4 is 23.6 Å². The van der Waals surface area contributed by atoms with Crippen molar-refractivity contribution < 1.29 is 36.4 Å². The van der Waals surface area contributed by atoms with Gasteiger partial charge in [0.2, 0.25) is 0 Å². The van der Waals surface area contributed by atoms with Crippen LogP contribution in [-0.2, 0) is 23.3 Å². The SMILES string of the molecule is C[As](C)(=O)C[C@H]1OC(OCC(N)CS(=O)(=O)O)C(O)[C@H]1O. The van der Waals surface area contributed by atoms with Crippen LogP contribution in [0.3, 0.4) is 0 Å². The molecule has 0 aliphatic carbocycles. The Balaban J connectivity index is 2.52. The van der Waals surface area contributed by atoms with Crippen molar-refractivity contribution in [2.24, 2.45) is 5.73 Å². The fraction of sp³-hybridized carbons (Fsp3) is 1.00. The average Bonchev–Trinajstić information content (AvgIpc) is 2.50. The van der Waals surface area contributed by atoms with Crippen molar-refractivity contribution in [3.8, 4) is 0 Å². The van der Waals surface area contributed by atoms with E-state index in [9.17, 15) is 22.4 Å².